The molecule has 1 aromatic rings. The number of nitrogens with one attached hydrogen (secondary N) is 1. The molecular weight excluding hydrogens is 306 g/mol. The number of rotatable bonds is 8. The molecule has 0 aromatic heterocycles. The second-order valence-electron chi connectivity index (χ2n) is 5.05. The molecule has 0 aliphatic heterocycles. The number of hydrogen-bond donors (Lipinski definition) is 1. The van der Waals surface area contributed by atoms with Gasteiger partial charge in [0, 0.05) is 17.7 Å². The van der Waals surface area contributed by atoms with Gasteiger partial charge in [-0.2, -0.15) is 0 Å². The van der Waals surface area contributed by atoms with Gasteiger partial charge in [0.1, 0.15) is 0 Å². The van der Waals surface area contributed by atoms with Crippen LogP contribution in [-0.4, -0.2) is 32.5 Å². The Morgan fingerprint density at radius 1 is 1.23 bits per heavy atom. The van der Waals surface area contributed by atoms with Crippen LogP contribution in [0.1, 0.15) is 43.5 Å². The van der Waals surface area contributed by atoms with Gasteiger partial charge < -0.3 is 4.74 Å². The zero-order valence-corrected chi connectivity index (χ0v) is 13.8. The van der Waals surface area contributed by atoms with E-state index in [1.807, 2.05) is 6.92 Å². The number of unbranched alkanes of at least 4 members (excludes halogenated alkanes) is 1. The number of sulfonamides is 1. The highest BCUT2D eigenvalue weighted by Gasteiger charge is 2.19. The van der Waals surface area contributed by atoms with Crippen molar-refractivity contribution in [3.05, 3.63) is 29.8 Å². The first kappa shape index (κ1) is 18.2. The maximum Gasteiger partial charge on any atom is 0.306 e. The van der Waals surface area contributed by atoms with Gasteiger partial charge >= 0.3 is 5.97 Å². The third kappa shape index (κ3) is 6.26. The Bertz CT molecular complexity index is 622. The van der Waals surface area contributed by atoms with E-state index in [9.17, 15) is 18.0 Å². The lowest BCUT2D eigenvalue weighted by molar-refractivity contribution is -0.146. The Morgan fingerprint density at radius 2 is 1.82 bits per heavy atom. The minimum absolute atomic E-state index is 0.297. The van der Waals surface area contributed by atoms with Crippen LogP contribution in [0.3, 0.4) is 0 Å². The average molecular weight is 327 g/mol. The van der Waals surface area contributed by atoms with Gasteiger partial charge in [-0.3, -0.25) is 14.3 Å². The van der Waals surface area contributed by atoms with Crippen molar-refractivity contribution in [2.24, 2.45) is 0 Å². The van der Waals surface area contributed by atoms with Crippen molar-refractivity contribution in [3.63, 3.8) is 0 Å². The molecule has 1 rings (SSSR count). The first-order chi connectivity index (χ1) is 10.2. The summed E-state index contributed by atoms with van der Waals surface area (Å²) in [4.78, 5) is 23.6. The first-order valence-electron chi connectivity index (χ1n) is 7.04. The number of carbonyl (C=O) groups excluding carboxylic acids is 2. The summed E-state index contributed by atoms with van der Waals surface area (Å²) < 4.78 is 29.6. The molecule has 0 radical (unpaired) electrons. The molecule has 1 N–H and O–H groups in total. The lowest BCUT2D eigenvalue weighted by Gasteiger charge is -2.12. The van der Waals surface area contributed by atoms with Gasteiger partial charge in [-0.05, 0) is 37.6 Å². The van der Waals surface area contributed by atoms with Crippen LogP contribution < -0.4 is 4.72 Å². The molecule has 1 aromatic carbocycles. The van der Waals surface area contributed by atoms with Gasteiger partial charge in [-0.25, -0.2) is 8.42 Å². The molecule has 0 unspecified atom stereocenters. The third-order valence-electron chi connectivity index (χ3n) is 2.88. The Kier molecular flexibility index (Phi) is 6.55. The number of ether oxygens (including phenoxy) is 1. The van der Waals surface area contributed by atoms with Gasteiger partial charge in [-0.15, -0.1) is 0 Å². The lowest BCUT2D eigenvalue weighted by Crippen LogP contribution is -2.24. The van der Waals surface area contributed by atoms with E-state index < -0.39 is 22.1 Å². The van der Waals surface area contributed by atoms with E-state index in [0.29, 0.717) is 17.7 Å². The molecule has 0 saturated carbocycles. The maximum absolute atomic E-state index is 12.1. The first-order valence-corrected chi connectivity index (χ1v) is 8.93. The highest BCUT2D eigenvalue weighted by Crippen LogP contribution is 2.14. The largest absolute Gasteiger partial charge is 0.454 e. The summed E-state index contributed by atoms with van der Waals surface area (Å²) in [7, 11) is -3.36. The van der Waals surface area contributed by atoms with E-state index in [0.717, 1.165) is 19.1 Å². The molecule has 0 saturated heterocycles. The minimum Gasteiger partial charge on any atom is -0.454 e. The number of carbonyl (C=O) groups is 2. The minimum atomic E-state index is -3.36. The van der Waals surface area contributed by atoms with Crippen molar-refractivity contribution in [3.8, 4) is 0 Å². The summed E-state index contributed by atoms with van der Waals surface area (Å²) in [6.45, 7) is 3.49. The SMILES string of the molecule is CCCCC(=O)O[C@H](C)C(=O)c1ccc(NS(C)(=O)=O)cc1. The maximum atomic E-state index is 12.1. The lowest BCUT2D eigenvalue weighted by atomic mass is 10.1. The molecule has 6 nitrogen and oxygen atoms in total. The number of hydrogen-bond acceptors (Lipinski definition) is 5. The summed E-state index contributed by atoms with van der Waals surface area (Å²) in [5.74, 6) is -0.714. The quantitative estimate of drug-likeness (QED) is 0.585. The molecule has 0 aliphatic carbocycles. The van der Waals surface area contributed by atoms with E-state index in [1.165, 1.54) is 31.2 Å². The van der Waals surface area contributed by atoms with E-state index in [4.69, 9.17) is 4.74 Å². The summed E-state index contributed by atoms with van der Waals surface area (Å²) in [5, 5.41) is 0. The third-order valence-corrected chi connectivity index (χ3v) is 3.49. The molecule has 0 aliphatic rings. The summed E-state index contributed by atoms with van der Waals surface area (Å²) in [6.07, 6.45) is 2.09. The molecule has 0 spiro atoms. The van der Waals surface area contributed by atoms with Gasteiger partial charge in [0.05, 0.1) is 6.26 Å². The smallest absolute Gasteiger partial charge is 0.306 e. The summed E-state index contributed by atoms with van der Waals surface area (Å²) in [6, 6.07) is 5.96. The zero-order valence-electron chi connectivity index (χ0n) is 13.0. The topological polar surface area (TPSA) is 89.5 Å². The second kappa shape index (κ2) is 7.93. The Morgan fingerprint density at radius 3 is 2.32 bits per heavy atom. The molecule has 7 heteroatoms. The number of esters is 1. The Balaban J connectivity index is 2.67. The number of Topliss-reactive ketones (excluding diaryl/α,β-unsaturated/α-hetero) is 1. The van der Waals surface area contributed by atoms with Crippen molar-refractivity contribution < 1.29 is 22.7 Å². The van der Waals surface area contributed by atoms with Crippen molar-refractivity contribution in [2.75, 3.05) is 11.0 Å². The standard InChI is InChI=1S/C15H21NO5S/c1-4-5-6-14(17)21-11(2)15(18)12-7-9-13(10-8-12)16-22(3,19)20/h7-11,16H,4-6H2,1-3H3/t11-/m1/s1. The summed E-state index contributed by atoms with van der Waals surface area (Å²) in [5.41, 5.74) is 0.724. The van der Waals surface area contributed by atoms with Crippen LogP contribution in [0, 0.1) is 0 Å². The highest BCUT2D eigenvalue weighted by atomic mass is 32.2. The number of anilines is 1. The Hall–Kier alpha value is -1.89. The fraction of sp³-hybridized carbons (Fsp3) is 0.467. The van der Waals surface area contributed by atoms with Crippen molar-refractivity contribution in [2.45, 2.75) is 39.2 Å². The number of ketones is 1. The van der Waals surface area contributed by atoms with E-state index in [1.54, 1.807) is 0 Å². The fourth-order valence-corrected chi connectivity index (χ4v) is 2.35. The van der Waals surface area contributed by atoms with Crippen LogP contribution in [0.2, 0.25) is 0 Å². The van der Waals surface area contributed by atoms with Crippen LogP contribution in [0.4, 0.5) is 5.69 Å². The highest BCUT2D eigenvalue weighted by molar-refractivity contribution is 7.92. The van der Waals surface area contributed by atoms with Crippen molar-refractivity contribution in [1.29, 1.82) is 0 Å². The molecule has 0 amide bonds. The van der Waals surface area contributed by atoms with Gasteiger partial charge in [0.15, 0.2) is 6.10 Å². The van der Waals surface area contributed by atoms with Crippen molar-refractivity contribution in [1.82, 2.24) is 0 Å². The van der Waals surface area contributed by atoms with E-state index in [2.05, 4.69) is 4.72 Å². The molecule has 1 atom stereocenters. The molecule has 0 bridgehead atoms. The van der Waals surface area contributed by atoms with Crippen LogP contribution in [0.5, 0.6) is 0 Å². The van der Waals surface area contributed by atoms with Crippen LogP contribution in [0.25, 0.3) is 0 Å². The molecule has 22 heavy (non-hydrogen) atoms. The van der Waals surface area contributed by atoms with E-state index in [-0.39, 0.29) is 5.78 Å². The normalized spacial score (nSPS) is 12.5. The average Bonchev–Trinajstić information content (AvgIpc) is 2.43. The zero-order chi connectivity index (χ0) is 16.8. The summed E-state index contributed by atoms with van der Waals surface area (Å²) >= 11 is 0. The monoisotopic (exact) mass is 327 g/mol. The predicted molar refractivity (Wildman–Crippen MR) is 84.3 cm³/mol. The molecule has 0 heterocycles. The van der Waals surface area contributed by atoms with Gasteiger partial charge in [-0.1, -0.05) is 13.3 Å². The van der Waals surface area contributed by atoms with Crippen LogP contribution in [0.15, 0.2) is 24.3 Å². The van der Waals surface area contributed by atoms with Gasteiger partial charge in [0.2, 0.25) is 15.8 Å². The van der Waals surface area contributed by atoms with Gasteiger partial charge in [0.25, 0.3) is 0 Å². The fourth-order valence-electron chi connectivity index (χ4n) is 1.78. The molecular formula is C15H21NO5S. The van der Waals surface area contributed by atoms with Crippen LogP contribution >= 0.6 is 0 Å². The van der Waals surface area contributed by atoms with E-state index >= 15 is 0 Å². The Labute approximate surface area is 130 Å². The predicted octanol–water partition coefficient (Wildman–Crippen LogP) is 2.36. The van der Waals surface area contributed by atoms with Crippen LogP contribution in [-0.2, 0) is 19.6 Å². The molecule has 0 fully saturated rings. The number of benzene rings is 1. The molecule has 122 valence electrons. The second-order valence-corrected chi connectivity index (χ2v) is 6.80. The van der Waals surface area contributed by atoms with Crippen molar-refractivity contribution >= 4 is 27.5 Å².